The SMILES string of the molecule is CCNC(=NCC(O)c1cc(OC)ccc1OC)N1CC(C)(C)C1(C)C.I. The van der Waals surface area contributed by atoms with Gasteiger partial charge in [0.25, 0.3) is 0 Å². The zero-order valence-corrected chi connectivity index (χ0v) is 19.8. The van der Waals surface area contributed by atoms with Crippen molar-refractivity contribution >= 4 is 29.9 Å². The highest BCUT2D eigenvalue weighted by molar-refractivity contribution is 14.0. The first-order valence-corrected chi connectivity index (χ1v) is 9.14. The molecule has 0 aliphatic carbocycles. The maximum absolute atomic E-state index is 10.7. The van der Waals surface area contributed by atoms with Crippen molar-refractivity contribution in [1.29, 1.82) is 0 Å². The number of halogens is 1. The highest BCUT2D eigenvalue weighted by Gasteiger charge is 2.53. The molecule has 1 unspecified atom stereocenters. The van der Waals surface area contributed by atoms with Crippen LogP contribution in [0.2, 0.25) is 0 Å². The molecule has 1 aromatic rings. The first kappa shape index (κ1) is 23.8. The third-order valence-corrected chi connectivity index (χ3v) is 5.68. The van der Waals surface area contributed by atoms with Crippen molar-refractivity contribution in [3.05, 3.63) is 23.8 Å². The topological polar surface area (TPSA) is 66.3 Å². The molecular weight excluding hydrogens is 457 g/mol. The van der Waals surface area contributed by atoms with Gasteiger partial charge in [0.15, 0.2) is 5.96 Å². The summed E-state index contributed by atoms with van der Waals surface area (Å²) in [6.45, 7) is 13.0. The lowest BCUT2D eigenvalue weighted by Gasteiger charge is -2.62. The molecule has 7 heteroatoms. The van der Waals surface area contributed by atoms with Crippen LogP contribution in [0.15, 0.2) is 23.2 Å². The van der Waals surface area contributed by atoms with Crippen LogP contribution < -0.4 is 14.8 Å². The third-order valence-electron chi connectivity index (χ3n) is 5.68. The Hall–Kier alpha value is -1.22. The van der Waals surface area contributed by atoms with Gasteiger partial charge in [-0.25, -0.2) is 0 Å². The molecule has 1 atom stereocenters. The Labute approximate surface area is 180 Å². The van der Waals surface area contributed by atoms with Gasteiger partial charge in [-0.1, -0.05) is 13.8 Å². The molecule has 1 aliphatic heterocycles. The number of hydrogen-bond donors (Lipinski definition) is 2. The summed E-state index contributed by atoms with van der Waals surface area (Å²) < 4.78 is 10.6. The van der Waals surface area contributed by atoms with E-state index in [0.717, 1.165) is 19.0 Å². The fraction of sp³-hybridized carbons (Fsp3) is 0.650. The van der Waals surface area contributed by atoms with Crippen LogP contribution in [-0.4, -0.2) is 55.4 Å². The number of nitrogens with zero attached hydrogens (tertiary/aromatic N) is 2. The van der Waals surface area contributed by atoms with E-state index >= 15 is 0 Å². The van der Waals surface area contributed by atoms with Crippen molar-refractivity contribution < 1.29 is 14.6 Å². The number of aliphatic hydroxyl groups excluding tert-OH is 1. The van der Waals surface area contributed by atoms with Crippen molar-refractivity contribution in [2.45, 2.75) is 46.3 Å². The van der Waals surface area contributed by atoms with Crippen LogP contribution in [0.25, 0.3) is 0 Å². The van der Waals surface area contributed by atoms with Gasteiger partial charge in [-0.05, 0) is 39.0 Å². The van der Waals surface area contributed by atoms with Gasteiger partial charge in [0.2, 0.25) is 0 Å². The Balaban J connectivity index is 0.00000364. The van der Waals surface area contributed by atoms with Gasteiger partial charge in [0.05, 0.1) is 20.8 Å². The molecule has 1 heterocycles. The molecule has 0 spiro atoms. The van der Waals surface area contributed by atoms with Gasteiger partial charge < -0.3 is 24.8 Å². The standard InChI is InChI=1S/C20H33N3O3.HI/c1-8-21-18(23-13-19(2,3)20(23,4)5)22-12-16(24)15-11-14(25-6)9-10-17(15)26-7;/h9-11,16,24H,8,12-13H2,1-7H3,(H,21,22);1H. The molecule has 0 aromatic heterocycles. The summed E-state index contributed by atoms with van der Waals surface area (Å²) in [6.07, 6.45) is -0.772. The lowest BCUT2D eigenvalue weighted by molar-refractivity contribution is -0.0668. The second-order valence-corrected chi connectivity index (χ2v) is 7.85. The first-order chi connectivity index (χ1) is 12.2. The Morgan fingerprint density at radius 3 is 2.41 bits per heavy atom. The molecule has 6 nitrogen and oxygen atoms in total. The van der Waals surface area contributed by atoms with E-state index in [4.69, 9.17) is 9.47 Å². The van der Waals surface area contributed by atoms with Gasteiger partial charge in [0, 0.05) is 29.6 Å². The molecule has 0 saturated carbocycles. The minimum Gasteiger partial charge on any atom is -0.497 e. The molecule has 1 aliphatic rings. The average molecular weight is 491 g/mol. The Bertz CT molecular complexity index is 662. The Morgan fingerprint density at radius 2 is 1.93 bits per heavy atom. The molecule has 2 rings (SSSR count). The van der Waals surface area contributed by atoms with Crippen LogP contribution in [0.1, 0.15) is 46.3 Å². The molecule has 2 N–H and O–H groups in total. The van der Waals surface area contributed by atoms with E-state index in [-0.39, 0.29) is 41.5 Å². The molecule has 1 aromatic carbocycles. The number of hydrogen-bond acceptors (Lipinski definition) is 4. The van der Waals surface area contributed by atoms with Crippen molar-refractivity contribution in [3.63, 3.8) is 0 Å². The van der Waals surface area contributed by atoms with Crippen LogP contribution in [0, 0.1) is 5.41 Å². The normalized spacial score (nSPS) is 18.8. The average Bonchev–Trinajstić information content (AvgIpc) is 2.62. The summed E-state index contributed by atoms with van der Waals surface area (Å²) in [5.74, 6) is 2.14. The van der Waals surface area contributed by atoms with E-state index in [1.165, 1.54) is 0 Å². The number of ether oxygens (including phenoxy) is 2. The molecular formula is C20H34IN3O3. The number of guanidine groups is 1. The minimum absolute atomic E-state index is 0. The summed E-state index contributed by atoms with van der Waals surface area (Å²) in [5, 5.41) is 14.0. The zero-order chi connectivity index (χ0) is 19.5. The zero-order valence-electron chi connectivity index (χ0n) is 17.5. The number of aliphatic imine (C=N–C) groups is 1. The van der Waals surface area contributed by atoms with Crippen LogP contribution in [-0.2, 0) is 0 Å². The molecule has 1 saturated heterocycles. The van der Waals surface area contributed by atoms with Gasteiger partial charge in [-0.15, -0.1) is 24.0 Å². The maximum Gasteiger partial charge on any atom is 0.194 e. The van der Waals surface area contributed by atoms with Gasteiger partial charge in [0.1, 0.15) is 17.6 Å². The summed E-state index contributed by atoms with van der Waals surface area (Å²) in [5.41, 5.74) is 0.902. The number of nitrogens with one attached hydrogen (secondary N) is 1. The molecule has 27 heavy (non-hydrogen) atoms. The van der Waals surface area contributed by atoms with E-state index in [1.54, 1.807) is 26.4 Å². The number of benzene rings is 1. The molecule has 0 bridgehead atoms. The lowest BCUT2D eigenvalue weighted by atomic mass is 9.65. The highest BCUT2D eigenvalue weighted by atomic mass is 127. The molecule has 154 valence electrons. The Kier molecular flexibility index (Phi) is 8.22. The third kappa shape index (κ3) is 4.80. The van der Waals surface area contributed by atoms with Crippen molar-refractivity contribution in [3.8, 4) is 11.5 Å². The van der Waals surface area contributed by atoms with Crippen molar-refractivity contribution in [1.82, 2.24) is 10.2 Å². The molecule has 1 fully saturated rings. The molecule has 0 amide bonds. The number of rotatable bonds is 6. The van der Waals surface area contributed by atoms with Crippen LogP contribution in [0.5, 0.6) is 11.5 Å². The van der Waals surface area contributed by atoms with Crippen LogP contribution in [0.3, 0.4) is 0 Å². The minimum atomic E-state index is -0.772. The van der Waals surface area contributed by atoms with E-state index in [0.29, 0.717) is 17.1 Å². The van der Waals surface area contributed by atoms with Gasteiger partial charge >= 0.3 is 0 Å². The second-order valence-electron chi connectivity index (χ2n) is 7.85. The second kappa shape index (κ2) is 9.32. The Morgan fingerprint density at radius 1 is 1.26 bits per heavy atom. The summed E-state index contributed by atoms with van der Waals surface area (Å²) >= 11 is 0. The van der Waals surface area contributed by atoms with Crippen molar-refractivity contribution in [2.24, 2.45) is 10.4 Å². The van der Waals surface area contributed by atoms with E-state index < -0.39 is 6.10 Å². The smallest absolute Gasteiger partial charge is 0.194 e. The van der Waals surface area contributed by atoms with Crippen LogP contribution in [0.4, 0.5) is 0 Å². The van der Waals surface area contributed by atoms with E-state index in [1.807, 2.05) is 6.07 Å². The van der Waals surface area contributed by atoms with Gasteiger partial charge in [-0.3, -0.25) is 4.99 Å². The number of likely N-dealkylation sites (tertiary alicyclic amines) is 1. The summed E-state index contributed by atoms with van der Waals surface area (Å²) in [4.78, 5) is 6.96. The number of aliphatic hydroxyl groups is 1. The monoisotopic (exact) mass is 491 g/mol. The predicted octanol–water partition coefficient (Wildman–Crippen LogP) is 3.44. The summed E-state index contributed by atoms with van der Waals surface area (Å²) in [7, 11) is 3.20. The fourth-order valence-corrected chi connectivity index (χ4v) is 3.17. The quantitative estimate of drug-likeness (QED) is 0.363. The number of methoxy groups -OCH3 is 2. The lowest BCUT2D eigenvalue weighted by Crippen LogP contribution is -2.72. The highest BCUT2D eigenvalue weighted by Crippen LogP contribution is 2.46. The van der Waals surface area contributed by atoms with Crippen molar-refractivity contribution in [2.75, 3.05) is 33.9 Å². The summed E-state index contributed by atoms with van der Waals surface area (Å²) in [6, 6.07) is 5.41. The van der Waals surface area contributed by atoms with E-state index in [9.17, 15) is 5.11 Å². The maximum atomic E-state index is 10.7. The fourth-order valence-electron chi connectivity index (χ4n) is 3.17. The first-order valence-electron chi connectivity index (χ1n) is 9.14. The van der Waals surface area contributed by atoms with Crippen LogP contribution >= 0.6 is 24.0 Å². The molecule has 0 radical (unpaired) electrons. The van der Waals surface area contributed by atoms with Gasteiger partial charge in [-0.2, -0.15) is 0 Å². The largest absolute Gasteiger partial charge is 0.497 e. The van der Waals surface area contributed by atoms with E-state index in [2.05, 4.69) is 49.8 Å². The predicted molar refractivity (Wildman–Crippen MR) is 120 cm³/mol.